The number of hydrogen-bond donors (Lipinski definition) is 1. The molecule has 0 saturated carbocycles. The van der Waals surface area contributed by atoms with E-state index < -0.39 is 5.97 Å². The maximum Gasteiger partial charge on any atom is 0.350 e. The fourth-order valence-corrected chi connectivity index (χ4v) is 2.78. The van der Waals surface area contributed by atoms with E-state index in [0.717, 1.165) is 0 Å². The number of carbonyl (C=O) groups excluding carboxylic acids is 1. The van der Waals surface area contributed by atoms with Gasteiger partial charge in [0.1, 0.15) is 9.71 Å². The monoisotopic (exact) mass is 336 g/mol. The minimum absolute atomic E-state index is 0.285. The van der Waals surface area contributed by atoms with Crippen molar-refractivity contribution in [3.63, 3.8) is 0 Å². The number of ether oxygens (including phenoxy) is 1. The molecule has 0 spiro atoms. The molecule has 8 nitrogen and oxygen atoms in total. The van der Waals surface area contributed by atoms with Gasteiger partial charge >= 0.3 is 5.97 Å². The maximum absolute atomic E-state index is 12.0. The van der Waals surface area contributed by atoms with Crippen LogP contribution >= 0.6 is 11.3 Å². The van der Waals surface area contributed by atoms with Crippen molar-refractivity contribution in [3.05, 3.63) is 4.88 Å². The topological polar surface area (TPSA) is 96.9 Å². The second-order valence-corrected chi connectivity index (χ2v) is 6.19. The Hall–Kier alpha value is -2.42. The molecule has 0 aromatic carbocycles. The molecule has 0 bridgehead atoms. The molecule has 9 heteroatoms. The van der Waals surface area contributed by atoms with E-state index >= 15 is 0 Å². The lowest BCUT2D eigenvalue weighted by Crippen LogP contribution is -2.12. The Morgan fingerprint density at radius 2 is 2.04 bits per heavy atom. The Morgan fingerprint density at radius 1 is 1.35 bits per heavy atom. The third-order valence-electron chi connectivity index (χ3n) is 2.83. The number of esters is 1. The van der Waals surface area contributed by atoms with Crippen LogP contribution in [0.5, 0.6) is 0 Å². The van der Waals surface area contributed by atoms with Gasteiger partial charge < -0.3 is 20.3 Å². The van der Waals surface area contributed by atoms with Crippen LogP contribution in [0.4, 0.5) is 17.5 Å². The number of fused-ring (bicyclic) bond motifs is 1. The number of aliphatic imine (C=N–C) groups is 1. The highest BCUT2D eigenvalue weighted by atomic mass is 32.1. The highest BCUT2D eigenvalue weighted by Crippen LogP contribution is 2.39. The lowest BCUT2D eigenvalue weighted by atomic mass is 10.3. The van der Waals surface area contributed by atoms with Gasteiger partial charge in [-0.15, -0.1) is 11.3 Å². The van der Waals surface area contributed by atoms with E-state index in [9.17, 15) is 4.79 Å². The van der Waals surface area contributed by atoms with Gasteiger partial charge in [0.25, 0.3) is 0 Å². The van der Waals surface area contributed by atoms with Crippen molar-refractivity contribution < 1.29 is 9.53 Å². The number of rotatable bonds is 5. The number of thiophene rings is 1. The Kier molecular flexibility index (Phi) is 4.99. The zero-order valence-electron chi connectivity index (χ0n) is 13.8. The third kappa shape index (κ3) is 3.50. The number of aromatic nitrogens is 2. The number of nitrogens with zero attached hydrogens (tertiary/aromatic N) is 5. The van der Waals surface area contributed by atoms with Crippen LogP contribution in [0.2, 0.25) is 0 Å². The molecule has 2 heterocycles. The molecule has 0 amide bonds. The van der Waals surface area contributed by atoms with E-state index in [0.29, 0.717) is 32.5 Å². The van der Waals surface area contributed by atoms with Crippen molar-refractivity contribution >= 4 is 51.3 Å². The number of nitrogen functional groups attached to an aromatic ring is 1. The fourth-order valence-electron chi connectivity index (χ4n) is 1.80. The van der Waals surface area contributed by atoms with Crippen LogP contribution in [0, 0.1) is 0 Å². The quantitative estimate of drug-likeness (QED) is 0.504. The van der Waals surface area contributed by atoms with Gasteiger partial charge in [0.05, 0.1) is 24.0 Å². The Morgan fingerprint density at radius 3 is 2.61 bits per heavy atom. The van der Waals surface area contributed by atoms with Crippen molar-refractivity contribution in [1.29, 1.82) is 0 Å². The highest BCUT2D eigenvalue weighted by molar-refractivity contribution is 7.21. The lowest BCUT2D eigenvalue weighted by Gasteiger charge is -2.11. The summed E-state index contributed by atoms with van der Waals surface area (Å²) in [5, 5.41) is 0.571. The molecule has 0 aliphatic heterocycles. The van der Waals surface area contributed by atoms with Gasteiger partial charge in [-0.05, 0) is 6.92 Å². The molecule has 0 radical (unpaired) electrons. The number of nitrogens with two attached hydrogens (primary N) is 1. The summed E-state index contributed by atoms with van der Waals surface area (Å²) >= 11 is 1.19. The largest absolute Gasteiger partial charge is 0.462 e. The predicted molar refractivity (Wildman–Crippen MR) is 93.9 cm³/mol. The molecule has 2 N–H and O–H groups in total. The third-order valence-corrected chi connectivity index (χ3v) is 3.91. The number of hydrogen-bond acceptors (Lipinski definition) is 8. The van der Waals surface area contributed by atoms with Crippen LogP contribution in [0.1, 0.15) is 16.6 Å². The highest BCUT2D eigenvalue weighted by Gasteiger charge is 2.22. The molecule has 23 heavy (non-hydrogen) atoms. The van der Waals surface area contributed by atoms with Gasteiger partial charge in [0, 0.05) is 28.2 Å². The molecule has 0 atom stereocenters. The van der Waals surface area contributed by atoms with Crippen molar-refractivity contribution in [1.82, 2.24) is 14.9 Å². The second-order valence-electron chi connectivity index (χ2n) is 5.20. The van der Waals surface area contributed by atoms with Crippen LogP contribution < -0.4 is 10.6 Å². The first-order chi connectivity index (χ1) is 10.8. The van der Waals surface area contributed by atoms with Gasteiger partial charge in [-0.2, -0.15) is 4.98 Å². The SMILES string of the molecule is CCOC(=O)c1sc2nc(N(C)C)nc(/N=C/N(C)C)c2c1N. The van der Waals surface area contributed by atoms with Gasteiger partial charge in [0.2, 0.25) is 5.95 Å². The first-order valence-corrected chi connectivity index (χ1v) is 7.81. The van der Waals surface area contributed by atoms with Crippen molar-refractivity contribution in [3.8, 4) is 0 Å². The van der Waals surface area contributed by atoms with Crippen molar-refractivity contribution in [2.24, 2.45) is 4.99 Å². The molecule has 124 valence electrons. The average molecular weight is 336 g/mol. The maximum atomic E-state index is 12.0. The summed E-state index contributed by atoms with van der Waals surface area (Å²) in [6.45, 7) is 2.03. The minimum Gasteiger partial charge on any atom is -0.462 e. The molecule has 0 aliphatic rings. The van der Waals surface area contributed by atoms with E-state index in [1.807, 2.05) is 28.2 Å². The van der Waals surface area contributed by atoms with Crippen LogP contribution in [0.15, 0.2) is 4.99 Å². The van der Waals surface area contributed by atoms with Crippen LogP contribution in [0.3, 0.4) is 0 Å². The summed E-state index contributed by atoms with van der Waals surface area (Å²) in [5.74, 6) is 0.471. The average Bonchev–Trinajstić information content (AvgIpc) is 2.82. The van der Waals surface area contributed by atoms with Crippen molar-refractivity contribution in [2.75, 3.05) is 45.4 Å². The zero-order valence-corrected chi connectivity index (χ0v) is 14.6. The summed E-state index contributed by atoms with van der Waals surface area (Å²) < 4.78 is 5.04. The predicted octanol–water partition coefficient (Wildman–Crippen LogP) is 1.74. The van der Waals surface area contributed by atoms with E-state index in [1.54, 1.807) is 23.1 Å². The summed E-state index contributed by atoms with van der Waals surface area (Å²) in [5.41, 5.74) is 6.44. The van der Waals surface area contributed by atoms with Crippen LogP contribution in [-0.4, -0.2) is 62.0 Å². The summed E-state index contributed by atoms with van der Waals surface area (Å²) in [6.07, 6.45) is 1.63. The summed E-state index contributed by atoms with van der Waals surface area (Å²) in [7, 11) is 7.39. The molecule has 0 fully saturated rings. The molecule has 0 aliphatic carbocycles. The summed E-state index contributed by atoms with van der Waals surface area (Å²) in [4.78, 5) is 29.7. The fraction of sp³-hybridized carbons (Fsp3) is 0.429. The Balaban J connectivity index is 2.68. The van der Waals surface area contributed by atoms with Crippen molar-refractivity contribution in [2.45, 2.75) is 6.92 Å². The standard InChI is InChI=1S/C14H20N6O2S/c1-6-22-13(21)10-9(15)8-11(16-7-19(2)3)17-14(20(4)5)18-12(8)23-10/h7H,6,15H2,1-5H3/b16-7+. The van der Waals surface area contributed by atoms with E-state index in [4.69, 9.17) is 10.5 Å². The smallest absolute Gasteiger partial charge is 0.350 e. The van der Waals surface area contributed by atoms with E-state index in [1.165, 1.54) is 11.3 Å². The van der Waals surface area contributed by atoms with Gasteiger partial charge in [-0.3, -0.25) is 0 Å². The molecular formula is C14H20N6O2S. The second kappa shape index (κ2) is 6.78. The summed E-state index contributed by atoms with van der Waals surface area (Å²) in [6, 6.07) is 0. The van der Waals surface area contributed by atoms with Gasteiger partial charge in [-0.25, -0.2) is 14.8 Å². The molecule has 2 aromatic rings. The minimum atomic E-state index is -0.457. The first kappa shape index (κ1) is 16.9. The number of carbonyl (C=O) groups is 1. The van der Waals surface area contributed by atoms with E-state index in [-0.39, 0.29) is 6.61 Å². The first-order valence-electron chi connectivity index (χ1n) is 7.00. The number of anilines is 2. The van der Waals surface area contributed by atoms with Gasteiger partial charge in [-0.1, -0.05) is 0 Å². The molecule has 0 saturated heterocycles. The molecular weight excluding hydrogens is 316 g/mol. The molecule has 0 unspecified atom stereocenters. The van der Waals surface area contributed by atoms with Gasteiger partial charge in [0.15, 0.2) is 5.82 Å². The Labute approximate surface area is 138 Å². The van der Waals surface area contributed by atoms with E-state index in [2.05, 4.69) is 15.0 Å². The molecule has 2 aromatic heterocycles. The lowest BCUT2D eigenvalue weighted by molar-refractivity contribution is 0.0533. The normalized spacial score (nSPS) is 11.2. The molecule has 2 rings (SSSR count). The zero-order chi connectivity index (χ0) is 17.1. The van der Waals surface area contributed by atoms with Crippen LogP contribution in [0.25, 0.3) is 10.2 Å². The van der Waals surface area contributed by atoms with Crippen LogP contribution in [-0.2, 0) is 4.74 Å². The Bertz CT molecular complexity index is 753.